The lowest BCUT2D eigenvalue weighted by atomic mass is 10.1. The van der Waals surface area contributed by atoms with Crippen molar-refractivity contribution in [1.82, 2.24) is 15.2 Å². The molecule has 24 heavy (non-hydrogen) atoms. The van der Waals surface area contributed by atoms with Gasteiger partial charge in [0, 0.05) is 16.0 Å². The molecule has 0 saturated heterocycles. The molecule has 0 fully saturated rings. The second-order valence-corrected chi connectivity index (χ2v) is 6.20. The van der Waals surface area contributed by atoms with E-state index in [0.717, 1.165) is 5.56 Å². The van der Waals surface area contributed by atoms with Gasteiger partial charge < -0.3 is 5.73 Å². The van der Waals surface area contributed by atoms with E-state index in [4.69, 9.17) is 17.3 Å². The third kappa shape index (κ3) is 3.61. The molecular formula is C15H12ClN5O2S. The molecule has 4 N–H and O–H groups in total. The number of H-pyrrole nitrogens is 1. The Morgan fingerprint density at radius 1 is 1.29 bits per heavy atom. The van der Waals surface area contributed by atoms with E-state index in [2.05, 4.69) is 20.5 Å². The molecule has 0 aliphatic heterocycles. The molecule has 3 rings (SSSR count). The summed E-state index contributed by atoms with van der Waals surface area (Å²) in [6.07, 6.45) is 1.48. The van der Waals surface area contributed by atoms with E-state index in [9.17, 15) is 9.59 Å². The molecule has 1 aromatic carbocycles. The molecule has 0 atom stereocenters. The van der Waals surface area contributed by atoms with Crippen molar-refractivity contribution in [3.8, 4) is 11.3 Å². The van der Waals surface area contributed by atoms with Crippen LogP contribution in [0.25, 0.3) is 11.3 Å². The van der Waals surface area contributed by atoms with Crippen LogP contribution in [0.2, 0.25) is 5.02 Å². The molecule has 2 heterocycles. The minimum atomic E-state index is -0.474. The minimum Gasteiger partial charge on any atom is -0.369 e. The van der Waals surface area contributed by atoms with Crippen LogP contribution < -0.4 is 11.1 Å². The summed E-state index contributed by atoms with van der Waals surface area (Å²) in [5.41, 5.74) is 7.39. The zero-order chi connectivity index (χ0) is 17.1. The van der Waals surface area contributed by atoms with Crippen molar-refractivity contribution in [2.45, 2.75) is 6.42 Å². The van der Waals surface area contributed by atoms with E-state index in [1.54, 1.807) is 29.6 Å². The lowest BCUT2D eigenvalue weighted by Crippen LogP contribution is -2.14. The highest BCUT2D eigenvalue weighted by molar-refractivity contribution is 7.14. The maximum absolute atomic E-state index is 12.4. The van der Waals surface area contributed by atoms with Gasteiger partial charge in [0.2, 0.25) is 5.91 Å². The first-order chi connectivity index (χ1) is 11.5. The zero-order valence-corrected chi connectivity index (χ0v) is 13.8. The number of thiazole rings is 1. The molecule has 0 saturated carbocycles. The molecule has 3 aromatic rings. The lowest BCUT2D eigenvalue weighted by molar-refractivity contribution is -0.117. The van der Waals surface area contributed by atoms with Crippen LogP contribution in [0.5, 0.6) is 0 Å². The number of aromatic amines is 1. The predicted molar refractivity (Wildman–Crippen MR) is 92.0 cm³/mol. The van der Waals surface area contributed by atoms with Crippen molar-refractivity contribution in [2.75, 3.05) is 5.32 Å². The summed E-state index contributed by atoms with van der Waals surface area (Å²) < 4.78 is 0. The summed E-state index contributed by atoms with van der Waals surface area (Å²) in [4.78, 5) is 27.5. The van der Waals surface area contributed by atoms with E-state index in [-0.39, 0.29) is 12.3 Å². The second kappa shape index (κ2) is 6.81. The highest BCUT2D eigenvalue weighted by Gasteiger charge is 2.17. The summed E-state index contributed by atoms with van der Waals surface area (Å²) in [7, 11) is 0. The number of benzene rings is 1. The van der Waals surface area contributed by atoms with Crippen LogP contribution in [0, 0.1) is 0 Å². The van der Waals surface area contributed by atoms with Gasteiger partial charge in [-0.05, 0) is 12.1 Å². The molecule has 0 bridgehead atoms. The summed E-state index contributed by atoms with van der Waals surface area (Å²) in [6.45, 7) is 0. The summed E-state index contributed by atoms with van der Waals surface area (Å²) in [5.74, 6) is -0.827. The normalized spacial score (nSPS) is 10.5. The van der Waals surface area contributed by atoms with Crippen LogP contribution in [0.15, 0.2) is 35.8 Å². The largest absolute Gasteiger partial charge is 0.369 e. The van der Waals surface area contributed by atoms with Crippen molar-refractivity contribution < 1.29 is 9.59 Å². The van der Waals surface area contributed by atoms with Gasteiger partial charge in [-0.25, -0.2) is 4.98 Å². The van der Waals surface area contributed by atoms with Crippen LogP contribution in [-0.2, 0) is 11.2 Å². The molecule has 9 heteroatoms. The van der Waals surface area contributed by atoms with E-state index in [1.807, 2.05) is 0 Å². The molecule has 0 aliphatic carbocycles. The molecule has 0 radical (unpaired) electrons. The van der Waals surface area contributed by atoms with Crippen molar-refractivity contribution >= 4 is 39.9 Å². The number of nitrogens with one attached hydrogen (secondary N) is 2. The minimum absolute atomic E-state index is 0.0358. The van der Waals surface area contributed by atoms with Gasteiger partial charge in [-0.15, -0.1) is 11.3 Å². The van der Waals surface area contributed by atoms with Crippen LogP contribution in [-0.4, -0.2) is 27.0 Å². The van der Waals surface area contributed by atoms with Crippen molar-refractivity contribution in [1.29, 1.82) is 0 Å². The number of nitrogens with zero attached hydrogens (tertiary/aromatic N) is 2. The number of primary amides is 1. The topological polar surface area (TPSA) is 114 Å². The number of rotatable bonds is 5. The number of hydrogen-bond acceptors (Lipinski definition) is 5. The summed E-state index contributed by atoms with van der Waals surface area (Å²) in [5, 5.41) is 12.1. The van der Waals surface area contributed by atoms with Crippen LogP contribution >= 0.6 is 22.9 Å². The first kappa shape index (κ1) is 16.2. The van der Waals surface area contributed by atoms with Crippen molar-refractivity contribution in [2.24, 2.45) is 5.73 Å². The van der Waals surface area contributed by atoms with Gasteiger partial charge in [-0.3, -0.25) is 20.0 Å². The standard InChI is InChI=1S/C15H12ClN5O2S/c16-9-3-1-8(2-4-9)13-11(6-18-21-13)14(23)20-15-19-10(7-24-15)5-12(17)22/h1-4,6-7H,5H2,(H2,17,22)(H,18,21)(H,19,20,23). The van der Waals surface area contributed by atoms with Gasteiger partial charge >= 0.3 is 0 Å². The molecule has 2 amide bonds. The van der Waals surface area contributed by atoms with E-state index >= 15 is 0 Å². The Morgan fingerprint density at radius 2 is 2.04 bits per heavy atom. The zero-order valence-electron chi connectivity index (χ0n) is 12.2. The maximum Gasteiger partial charge on any atom is 0.261 e. The second-order valence-electron chi connectivity index (χ2n) is 4.91. The Balaban J connectivity index is 1.79. The van der Waals surface area contributed by atoms with E-state index < -0.39 is 5.91 Å². The average Bonchev–Trinajstić information content (AvgIpc) is 3.17. The molecule has 2 aromatic heterocycles. The fourth-order valence-corrected chi connectivity index (χ4v) is 2.91. The Labute approximate surface area is 145 Å². The van der Waals surface area contributed by atoms with Gasteiger partial charge in [-0.1, -0.05) is 23.7 Å². The number of carbonyl (C=O) groups is 2. The van der Waals surface area contributed by atoms with Crippen LogP contribution in [0.1, 0.15) is 16.1 Å². The lowest BCUT2D eigenvalue weighted by Gasteiger charge is -2.03. The molecule has 0 unspecified atom stereocenters. The van der Waals surface area contributed by atoms with Crippen LogP contribution in [0.4, 0.5) is 5.13 Å². The summed E-state index contributed by atoms with van der Waals surface area (Å²) >= 11 is 7.10. The highest BCUT2D eigenvalue weighted by atomic mass is 35.5. The first-order valence-corrected chi connectivity index (χ1v) is 8.12. The van der Waals surface area contributed by atoms with Gasteiger partial charge in [-0.2, -0.15) is 5.10 Å². The van der Waals surface area contributed by atoms with Gasteiger partial charge in [0.05, 0.1) is 29.6 Å². The predicted octanol–water partition coefficient (Wildman–Crippen LogP) is 2.47. The van der Waals surface area contributed by atoms with E-state index in [1.165, 1.54) is 17.5 Å². The molecule has 0 aliphatic rings. The maximum atomic E-state index is 12.4. The number of nitrogens with two attached hydrogens (primary N) is 1. The fraction of sp³-hybridized carbons (Fsp3) is 0.0667. The average molecular weight is 362 g/mol. The number of halogens is 1. The van der Waals surface area contributed by atoms with Crippen molar-refractivity contribution in [3.05, 3.63) is 52.1 Å². The Kier molecular flexibility index (Phi) is 4.59. The van der Waals surface area contributed by atoms with Crippen LogP contribution in [0.3, 0.4) is 0 Å². The van der Waals surface area contributed by atoms with Gasteiger partial charge in [0.1, 0.15) is 0 Å². The first-order valence-electron chi connectivity index (χ1n) is 6.86. The molecule has 7 nitrogen and oxygen atoms in total. The Bertz CT molecular complexity index is 887. The third-order valence-electron chi connectivity index (χ3n) is 3.14. The van der Waals surface area contributed by atoms with Crippen molar-refractivity contribution in [3.63, 3.8) is 0 Å². The van der Waals surface area contributed by atoms with Gasteiger partial charge in [0.15, 0.2) is 5.13 Å². The van der Waals surface area contributed by atoms with Gasteiger partial charge in [0.25, 0.3) is 5.91 Å². The van der Waals surface area contributed by atoms with E-state index in [0.29, 0.717) is 27.1 Å². The quantitative estimate of drug-likeness (QED) is 0.647. The third-order valence-corrected chi connectivity index (χ3v) is 4.20. The molecule has 122 valence electrons. The molecule has 0 spiro atoms. The Hall–Kier alpha value is -2.71. The SMILES string of the molecule is NC(=O)Cc1csc(NC(=O)c2cn[nH]c2-c2ccc(Cl)cc2)n1. The number of carbonyl (C=O) groups excluding carboxylic acids is 2. The fourth-order valence-electron chi connectivity index (χ4n) is 2.08. The highest BCUT2D eigenvalue weighted by Crippen LogP contribution is 2.24. The monoisotopic (exact) mass is 361 g/mol. The number of aromatic nitrogens is 3. The number of hydrogen-bond donors (Lipinski definition) is 3. The summed E-state index contributed by atoms with van der Waals surface area (Å²) in [6, 6.07) is 7.05. The smallest absolute Gasteiger partial charge is 0.261 e. The number of anilines is 1. The number of amides is 2. The Morgan fingerprint density at radius 3 is 2.75 bits per heavy atom. The molecular weight excluding hydrogens is 350 g/mol.